The quantitative estimate of drug-likeness (QED) is 0.685. The molecule has 0 fully saturated rings. The van der Waals surface area contributed by atoms with Gasteiger partial charge in [0.05, 0.1) is 29.6 Å². The molecule has 0 radical (unpaired) electrons. The average molecular weight is 334 g/mol. The molecular weight excluding hydrogens is 312 g/mol. The normalized spacial score (nSPS) is 14.4. The molecule has 0 aliphatic carbocycles. The van der Waals surface area contributed by atoms with E-state index in [1.54, 1.807) is 0 Å². The third-order valence-electron chi connectivity index (χ3n) is 4.87. The average Bonchev–Trinajstić information content (AvgIpc) is 2.91. The molecule has 0 saturated heterocycles. The molecule has 3 heterocycles. The van der Waals surface area contributed by atoms with E-state index >= 15 is 0 Å². The maximum atomic E-state index is 13.3. The summed E-state index contributed by atoms with van der Waals surface area (Å²) in [5.74, 6) is 0.0788. The maximum Gasteiger partial charge on any atom is 0.254 e. The van der Waals surface area contributed by atoms with Gasteiger partial charge >= 0.3 is 0 Å². The van der Waals surface area contributed by atoms with Gasteiger partial charge in [-0.25, -0.2) is 4.98 Å². The summed E-state index contributed by atoms with van der Waals surface area (Å²) in [6.45, 7) is 8.34. The Balaban J connectivity index is 1.80. The van der Waals surface area contributed by atoms with Crippen LogP contribution in [0.25, 0.3) is 10.9 Å². The maximum absolute atomic E-state index is 13.3. The number of aromatic nitrogens is 3. The summed E-state index contributed by atoms with van der Waals surface area (Å²) in [4.78, 5) is 24.2. The van der Waals surface area contributed by atoms with Gasteiger partial charge in [-0.3, -0.25) is 9.78 Å². The number of carbonyl (C=O) groups excluding carboxylic acids is 1. The van der Waals surface area contributed by atoms with E-state index in [2.05, 4.69) is 40.5 Å². The second kappa shape index (κ2) is 5.99. The van der Waals surface area contributed by atoms with E-state index in [0.29, 0.717) is 6.54 Å². The number of carbonyl (C=O) groups is 1. The van der Waals surface area contributed by atoms with Crippen molar-refractivity contribution in [1.29, 1.82) is 0 Å². The topological polar surface area (TPSA) is 51.0 Å². The van der Waals surface area contributed by atoms with E-state index in [1.165, 1.54) is 0 Å². The summed E-state index contributed by atoms with van der Waals surface area (Å²) in [6.07, 6.45) is 4.65. The van der Waals surface area contributed by atoms with Gasteiger partial charge < -0.3 is 9.47 Å². The van der Waals surface area contributed by atoms with Crippen LogP contribution in [-0.4, -0.2) is 31.9 Å². The Morgan fingerprint density at radius 1 is 1.12 bits per heavy atom. The van der Waals surface area contributed by atoms with E-state index in [9.17, 15) is 4.79 Å². The lowest BCUT2D eigenvalue weighted by atomic mass is 10.0. The van der Waals surface area contributed by atoms with Gasteiger partial charge in [0, 0.05) is 30.4 Å². The minimum absolute atomic E-state index is 0.0788. The number of pyridine rings is 1. The fourth-order valence-electron chi connectivity index (χ4n) is 3.72. The Hall–Kier alpha value is -2.69. The first-order chi connectivity index (χ1) is 12.0. The number of nitrogens with zero attached hydrogens (tertiary/aromatic N) is 4. The highest BCUT2D eigenvalue weighted by Gasteiger charge is 2.23. The van der Waals surface area contributed by atoms with Gasteiger partial charge in [0.15, 0.2) is 0 Å². The van der Waals surface area contributed by atoms with E-state index in [0.717, 1.165) is 58.5 Å². The van der Waals surface area contributed by atoms with Gasteiger partial charge in [-0.1, -0.05) is 11.6 Å². The highest BCUT2D eigenvalue weighted by atomic mass is 16.2. The molecule has 5 nitrogen and oxygen atoms in total. The Morgan fingerprint density at radius 2 is 1.96 bits per heavy atom. The fraction of sp³-hybridized carbons (Fsp3) is 0.350. The van der Waals surface area contributed by atoms with Crippen LogP contribution in [0.4, 0.5) is 0 Å². The molecule has 1 amide bonds. The Kier molecular flexibility index (Phi) is 3.79. The second-order valence-corrected chi connectivity index (χ2v) is 6.95. The van der Waals surface area contributed by atoms with Gasteiger partial charge in [0.1, 0.15) is 0 Å². The van der Waals surface area contributed by atoms with Crippen molar-refractivity contribution in [1.82, 2.24) is 19.4 Å². The van der Waals surface area contributed by atoms with Crippen LogP contribution in [0, 0.1) is 20.8 Å². The number of benzene rings is 1. The molecule has 4 rings (SSSR count). The standard InChI is InChI=1S/C20H22N4O/c1-13-7-14(2)19-17(8-13)18(9-15(3)22-19)20(25)23-5-4-6-24-12-21-10-16(24)11-23/h7-10,12H,4-6,11H2,1-3H3. The van der Waals surface area contributed by atoms with Crippen molar-refractivity contribution in [2.45, 2.75) is 40.3 Å². The lowest BCUT2D eigenvalue weighted by Crippen LogP contribution is -2.31. The number of aryl methyl sites for hydroxylation is 4. The molecule has 5 heteroatoms. The highest BCUT2D eigenvalue weighted by molar-refractivity contribution is 6.07. The summed E-state index contributed by atoms with van der Waals surface area (Å²) < 4.78 is 2.14. The molecule has 0 N–H and O–H groups in total. The van der Waals surface area contributed by atoms with Gasteiger partial charge in [-0.2, -0.15) is 0 Å². The summed E-state index contributed by atoms with van der Waals surface area (Å²) >= 11 is 0. The minimum atomic E-state index is 0.0788. The summed E-state index contributed by atoms with van der Waals surface area (Å²) in [5, 5.41) is 0.950. The highest BCUT2D eigenvalue weighted by Crippen LogP contribution is 2.25. The molecule has 0 bridgehead atoms. The van der Waals surface area contributed by atoms with Gasteiger partial charge in [0.2, 0.25) is 0 Å². The third kappa shape index (κ3) is 2.80. The lowest BCUT2D eigenvalue weighted by molar-refractivity contribution is 0.0747. The molecule has 1 aliphatic heterocycles. The van der Waals surface area contributed by atoms with Crippen LogP contribution in [-0.2, 0) is 13.1 Å². The first-order valence-electron chi connectivity index (χ1n) is 8.70. The smallest absolute Gasteiger partial charge is 0.254 e. The first kappa shape index (κ1) is 15.8. The number of imidazole rings is 1. The molecule has 25 heavy (non-hydrogen) atoms. The van der Waals surface area contributed by atoms with Gasteiger partial charge in [0.25, 0.3) is 5.91 Å². The second-order valence-electron chi connectivity index (χ2n) is 6.95. The number of hydrogen-bond donors (Lipinski definition) is 0. The predicted octanol–water partition coefficient (Wildman–Crippen LogP) is 3.40. The van der Waals surface area contributed by atoms with E-state index < -0.39 is 0 Å². The van der Waals surface area contributed by atoms with Crippen LogP contribution in [0.1, 0.15) is 39.3 Å². The van der Waals surface area contributed by atoms with Gasteiger partial charge in [-0.05, 0) is 44.9 Å². The van der Waals surface area contributed by atoms with Gasteiger partial charge in [-0.15, -0.1) is 0 Å². The van der Waals surface area contributed by atoms with E-state index in [4.69, 9.17) is 0 Å². The van der Waals surface area contributed by atoms with Crippen molar-refractivity contribution in [3.05, 3.63) is 58.8 Å². The van der Waals surface area contributed by atoms with Crippen molar-refractivity contribution in [2.24, 2.45) is 0 Å². The first-order valence-corrected chi connectivity index (χ1v) is 8.70. The van der Waals surface area contributed by atoms with Crippen molar-refractivity contribution in [3.8, 4) is 0 Å². The van der Waals surface area contributed by atoms with E-state index in [-0.39, 0.29) is 5.91 Å². The van der Waals surface area contributed by atoms with Crippen LogP contribution in [0.5, 0.6) is 0 Å². The Morgan fingerprint density at radius 3 is 2.80 bits per heavy atom. The van der Waals surface area contributed by atoms with E-state index in [1.807, 2.05) is 30.4 Å². The molecule has 0 spiro atoms. The number of amides is 1. The van der Waals surface area contributed by atoms with Crippen LogP contribution < -0.4 is 0 Å². The zero-order chi connectivity index (χ0) is 17.6. The molecular formula is C20H22N4O. The van der Waals surface area contributed by atoms with Crippen molar-refractivity contribution in [2.75, 3.05) is 6.54 Å². The number of rotatable bonds is 1. The van der Waals surface area contributed by atoms with Crippen LogP contribution in [0.15, 0.2) is 30.7 Å². The van der Waals surface area contributed by atoms with Crippen LogP contribution in [0.3, 0.4) is 0 Å². The largest absolute Gasteiger partial charge is 0.333 e. The number of hydrogen-bond acceptors (Lipinski definition) is 3. The zero-order valence-corrected chi connectivity index (χ0v) is 14.9. The molecule has 0 unspecified atom stereocenters. The molecule has 1 aromatic carbocycles. The van der Waals surface area contributed by atoms with Crippen molar-refractivity contribution < 1.29 is 4.79 Å². The molecule has 2 aromatic heterocycles. The molecule has 128 valence electrons. The molecule has 0 saturated carbocycles. The summed E-state index contributed by atoms with van der Waals surface area (Å²) in [5.41, 5.74) is 5.91. The predicted molar refractivity (Wildman–Crippen MR) is 97.5 cm³/mol. The summed E-state index contributed by atoms with van der Waals surface area (Å²) in [7, 11) is 0. The molecule has 1 aliphatic rings. The third-order valence-corrected chi connectivity index (χ3v) is 4.87. The van der Waals surface area contributed by atoms with Crippen molar-refractivity contribution >= 4 is 16.8 Å². The Labute approximate surface area is 147 Å². The monoisotopic (exact) mass is 334 g/mol. The van der Waals surface area contributed by atoms with Crippen molar-refractivity contribution in [3.63, 3.8) is 0 Å². The minimum Gasteiger partial charge on any atom is -0.333 e. The lowest BCUT2D eigenvalue weighted by Gasteiger charge is -2.21. The SMILES string of the molecule is Cc1cc(C)c2nc(C)cc(C(=O)N3CCCn4cncc4C3)c2c1. The van der Waals surface area contributed by atoms with Crippen LogP contribution in [0.2, 0.25) is 0 Å². The fourth-order valence-corrected chi connectivity index (χ4v) is 3.72. The molecule has 0 atom stereocenters. The zero-order valence-electron chi connectivity index (χ0n) is 14.9. The number of fused-ring (bicyclic) bond motifs is 2. The molecule has 3 aromatic rings. The van der Waals surface area contributed by atoms with Crippen LogP contribution >= 0.6 is 0 Å². The Bertz CT molecular complexity index is 973. The summed E-state index contributed by atoms with van der Waals surface area (Å²) in [6, 6.07) is 6.11.